The van der Waals surface area contributed by atoms with Gasteiger partial charge < -0.3 is 5.32 Å². The first-order chi connectivity index (χ1) is 7.77. The Labute approximate surface area is 107 Å². The Morgan fingerprint density at radius 1 is 1.41 bits per heavy atom. The number of para-hydroxylation sites is 1. The number of nitro groups is 1. The van der Waals surface area contributed by atoms with Crippen molar-refractivity contribution in [1.82, 2.24) is 5.32 Å². The Morgan fingerprint density at radius 2 is 2.18 bits per heavy atom. The van der Waals surface area contributed by atoms with Gasteiger partial charge in [-0.05, 0) is 38.3 Å². The van der Waals surface area contributed by atoms with E-state index in [2.05, 4.69) is 5.32 Å². The number of nitrogens with one attached hydrogen (secondary N) is 1. The summed E-state index contributed by atoms with van der Waals surface area (Å²) in [6.45, 7) is 2.05. The summed E-state index contributed by atoms with van der Waals surface area (Å²) in [5.74, 6) is 0.537. The molecule has 0 amide bonds. The second kappa shape index (κ2) is 6.57. The highest BCUT2D eigenvalue weighted by molar-refractivity contribution is 5.85. The first-order valence-electron chi connectivity index (χ1n) is 5.70. The van der Waals surface area contributed by atoms with Crippen molar-refractivity contribution >= 4 is 18.1 Å². The van der Waals surface area contributed by atoms with Gasteiger partial charge in [-0.1, -0.05) is 18.2 Å². The van der Waals surface area contributed by atoms with Crippen LogP contribution in [-0.2, 0) is 6.42 Å². The van der Waals surface area contributed by atoms with Crippen molar-refractivity contribution in [3.05, 3.63) is 39.9 Å². The van der Waals surface area contributed by atoms with Crippen molar-refractivity contribution in [2.24, 2.45) is 5.92 Å². The maximum atomic E-state index is 10.9. The van der Waals surface area contributed by atoms with E-state index in [4.69, 9.17) is 0 Å². The molecule has 1 atom stereocenters. The van der Waals surface area contributed by atoms with Crippen LogP contribution in [-0.4, -0.2) is 18.0 Å². The number of hydrogen-bond donors (Lipinski definition) is 1. The monoisotopic (exact) mass is 256 g/mol. The molecule has 5 heteroatoms. The van der Waals surface area contributed by atoms with Gasteiger partial charge >= 0.3 is 0 Å². The van der Waals surface area contributed by atoms with Crippen molar-refractivity contribution in [3.63, 3.8) is 0 Å². The lowest BCUT2D eigenvalue weighted by Gasteiger charge is -2.22. The minimum atomic E-state index is -0.286. The Balaban J connectivity index is 0.00000144. The lowest BCUT2D eigenvalue weighted by atomic mass is 9.92. The zero-order chi connectivity index (χ0) is 11.4. The molecule has 0 radical (unpaired) electrons. The zero-order valence-corrected chi connectivity index (χ0v) is 10.4. The predicted molar refractivity (Wildman–Crippen MR) is 69.6 cm³/mol. The van der Waals surface area contributed by atoms with E-state index in [1.54, 1.807) is 12.1 Å². The van der Waals surface area contributed by atoms with Gasteiger partial charge in [-0.15, -0.1) is 12.4 Å². The van der Waals surface area contributed by atoms with Crippen LogP contribution in [0.25, 0.3) is 0 Å². The fourth-order valence-corrected chi connectivity index (χ4v) is 2.27. The molecular formula is C12H17ClN2O2. The normalized spacial score (nSPS) is 19.4. The van der Waals surface area contributed by atoms with Gasteiger partial charge in [-0.3, -0.25) is 10.1 Å². The maximum absolute atomic E-state index is 10.9. The molecule has 2 rings (SSSR count). The number of piperidine rings is 1. The van der Waals surface area contributed by atoms with E-state index in [9.17, 15) is 10.1 Å². The lowest BCUT2D eigenvalue weighted by molar-refractivity contribution is -0.385. The summed E-state index contributed by atoms with van der Waals surface area (Å²) in [7, 11) is 0. The van der Waals surface area contributed by atoms with Gasteiger partial charge in [-0.25, -0.2) is 0 Å². The van der Waals surface area contributed by atoms with Crippen molar-refractivity contribution < 1.29 is 4.92 Å². The standard InChI is InChI=1S/C12H16N2O2.ClH/c15-14(16)12-6-2-1-5-11(12)8-10-4-3-7-13-9-10;/h1-2,5-6,10,13H,3-4,7-9H2;1H. The Kier molecular flexibility index (Phi) is 5.38. The SMILES string of the molecule is Cl.O=[N+]([O-])c1ccccc1CC1CCCNC1. The summed E-state index contributed by atoms with van der Waals surface area (Å²) in [6, 6.07) is 7.05. The summed E-state index contributed by atoms with van der Waals surface area (Å²) in [5, 5.41) is 14.2. The Bertz CT molecular complexity index is 379. The van der Waals surface area contributed by atoms with Crippen LogP contribution >= 0.6 is 12.4 Å². The molecule has 0 saturated carbocycles. The third-order valence-electron chi connectivity index (χ3n) is 3.10. The number of hydrogen-bond acceptors (Lipinski definition) is 3. The van der Waals surface area contributed by atoms with Crippen LogP contribution < -0.4 is 5.32 Å². The van der Waals surface area contributed by atoms with Gasteiger partial charge in [-0.2, -0.15) is 0 Å². The molecule has 1 aliphatic heterocycles. The quantitative estimate of drug-likeness (QED) is 0.668. The molecule has 1 N–H and O–H groups in total. The molecule has 1 unspecified atom stereocenters. The van der Waals surface area contributed by atoms with E-state index in [1.807, 2.05) is 12.1 Å². The van der Waals surface area contributed by atoms with E-state index in [-0.39, 0.29) is 23.0 Å². The first kappa shape index (κ1) is 13.9. The highest BCUT2D eigenvalue weighted by atomic mass is 35.5. The summed E-state index contributed by atoms with van der Waals surface area (Å²) in [4.78, 5) is 10.6. The molecule has 1 heterocycles. The average Bonchev–Trinajstić information content (AvgIpc) is 2.31. The Morgan fingerprint density at radius 3 is 2.82 bits per heavy atom. The van der Waals surface area contributed by atoms with Crippen LogP contribution in [0.3, 0.4) is 0 Å². The second-order valence-electron chi connectivity index (χ2n) is 4.30. The van der Waals surface area contributed by atoms with Crippen molar-refractivity contribution in [2.75, 3.05) is 13.1 Å². The number of nitro benzene ring substituents is 1. The summed E-state index contributed by atoms with van der Waals surface area (Å²) in [5.41, 5.74) is 1.12. The van der Waals surface area contributed by atoms with Gasteiger partial charge in [0.25, 0.3) is 5.69 Å². The van der Waals surface area contributed by atoms with Crippen LogP contribution in [0.1, 0.15) is 18.4 Å². The van der Waals surface area contributed by atoms with Crippen LogP contribution in [0.4, 0.5) is 5.69 Å². The van der Waals surface area contributed by atoms with E-state index >= 15 is 0 Å². The molecular weight excluding hydrogens is 240 g/mol. The highest BCUT2D eigenvalue weighted by Crippen LogP contribution is 2.23. The largest absolute Gasteiger partial charge is 0.316 e. The minimum Gasteiger partial charge on any atom is -0.316 e. The van der Waals surface area contributed by atoms with Crippen LogP contribution in [0, 0.1) is 16.0 Å². The molecule has 1 aliphatic rings. The fourth-order valence-electron chi connectivity index (χ4n) is 2.27. The number of nitrogens with zero attached hydrogens (tertiary/aromatic N) is 1. The minimum absolute atomic E-state index is 0. The zero-order valence-electron chi connectivity index (χ0n) is 9.59. The number of benzene rings is 1. The third-order valence-corrected chi connectivity index (χ3v) is 3.10. The first-order valence-corrected chi connectivity index (χ1v) is 5.70. The van der Waals surface area contributed by atoms with E-state index < -0.39 is 0 Å². The van der Waals surface area contributed by atoms with Gasteiger partial charge in [0.2, 0.25) is 0 Å². The maximum Gasteiger partial charge on any atom is 0.272 e. The number of rotatable bonds is 3. The second-order valence-corrected chi connectivity index (χ2v) is 4.30. The average molecular weight is 257 g/mol. The molecule has 0 aliphatic carbocycles. The molecule has 1 fully saturated rings. The summed E-state index contributed by atoms with van der Waals surface area (Å²) >= 11 is 0. The van der Waals surface area contributed by atoms with E-state index in [1.165, 1.54) is 12.8 Å². The third kappa shape index (κ3) is 3.68. The molecule has 1 saturated heterocycles. The van der Waals surface area contributed by atoms with Crippen molar-refractivity contribution in [1.29, 1.82) is 0 Å². The molecule has 0 spiro atoms. The van der Waals surface area contributed by atoms with Gasteiger partial charge in [0.05, 0.1) is 4.92 Å². The van der Waals surface area contributed by atoms with Crippen LogP contribution in [0.15, 0.2) is 24.3 Å². The lowest BCUT2D eigenvalue weighted by Crippen LogP contribution is -2.30. The molecule has 1 aromatic rings. The van der Waals surface area contributed by atoms with Crippen molar-refractivity contribution in [2.45, 2.75) is 19.3 Å². The number of halogens is 1. The Hall–Kier alpha value is -1.13. The fraction of sp³-hybridized carbons (Fsp3) is 0.500. The predicted octanol–water partition coefficient (Wildman–Crippen LogP) is 2.56. The molecule has 1 aromatic carbocycles. The topological polar surface area (TPSA) is 55.2 Å². The molecule has 4 nitrogen and oxygen atoms in total. The van der Waals surface area contributed by atoms with E-state index in [0.29, 0.717) is 5.92 Å². The molecule has 0 aromatic heterocycles. The van der Waals surface area contributed by atoms with E-state index in [0.717, 1.165) is 25.1 Å². The smallest absolute Gasteiger partial charge is 0.272 e. The molecule has 17 heavy (non-hydrogen) atoms. The molecule has 0 bridgehead atoms. The molecule has 94 valence electrons. The van der Waals surface area contributed by atoms with Crippen LogP contribution in [0.2, 0.25) is 0 Å². The van der Waals surface area contributed by atoms with Gasteiger partial charge in [0.15, 0.2) is 0 Å². The van der Waals surface area contributed by atoms with Gasteiger partial charge in [0, 0.05) is 11.6 Å². The summed E-state index contributed by atoms with van der Waals surface area (Å²) < 4.78 is 0. The van der Waals surface area contributed by atoms with Gasteiger partial charge in [0.1, 0.15) is 0 Å². The highest BCUT2D eigenvalue weighted by Gasteiger charge is 2.18. The van der Waals surface area contributed by atoms with Crippen molar-refractivity contribution in [3.8, 4) is 0 Å². The van der Waals surface area contributed by atoms with Crippen LogP contribution in [0.5, 0.6) is 0 Å². The summed E-state index contributed by atoms with van der Waals surface area (Å²) in [6.07, 6.45) is 3.15.